The van der Waals surface area contributed by atoms with Gasteiger partial charge in [-0.2, -0.15) is 0 Å². The number of hydrogen-bond acceptors (Lipinski definition) is 2. The van der Waals surface area contributed by atoms with Crippen molar-refractivity contribution < 1.29 is 9.84 Å². The molecule has 0 radical (unpaired) electrons. The number of aliphatic hydroxyl groups excluding tert-OH is 1. The molecular formula is C17H23ClO2. The molecule has 1 heterocycles. The van der Waals surface area contributed by atoms with Crippen molar-refractivity contribution in [1.82, 2.24) is 0 Å². The van der Waals surface area contributed by atoms with Crippen molar-refractivity contribution in [2.75, 3.05) is 0 Å². The van der Waals surface area contributed by atoms with E-state index < -0.39 is 6.10 Å². The lowest BCUT2D eigenvalue weighted by Gasteiger charge is -2.41. The Balaban J connectivity index is 1.88. The van der Waals surface area contributed by atoms with Gasteiger partial charge in [-0.15, -0.1) is 0 Å². The minimum Gasteiger partial charge on any atom is -0.487 e. The van der Waals surface area contributed by atoms with Crippen LogP contribution in [0.3, 0.4) is 0 Å². The zero-order valence-corrected chi connectivity index (χ0v) is 13.0. The molecule has 1 N–H and O–H groups in total. The molecule has 2 atom stereocenters. The van der Waals surface area contributed by atoms with Crippen LogP contribution in [0.15, 0.2) is 18.2 Å². The molecule has 1 aromatic carbocycles. The minimum absolute atomic E-state index is 0.186. The summed E-state index contributed by atoms with van der Waals surface area (Å²) in [4.78, 5) is 0. The molecule has 1 aliphatic heterocycles. The number of ether oxygens (including phenoxy) is 1. The third-order valence-electron chi connectivity index (χ3n) is 4.97. The van der Waals surface area contributed by atoms with Gasteiger partial charge in [0.25, 0.3) is 0 Å². The Kier molecular flexibility index (Phi) is 3.50. The van der Waals surface area contributed by atoms with Crippen molar-refractivity contribution in [3.63, 3.8) is 0 Å². The maximum absolute atomic E-state index is 10.5. The van der Waals surface area contributed by atoms with Gasteiger partial charge < -0.3 is 9.84 Å². The number of aliphatic hydroxyl groups is 1. The second-order valence-electron chi connectivity index (χ2n) is 7.20. The van der Waals surface area contributed by atoms with E-state index in [0.29, 0.717) is 16.9 Å². The summed E-state index contributed by atoms with van der Waals surface area (Å²) in [6, 6.07) is 5.57. The van der Waals surface area contributed by atoms with Gasteiger partial charge in [0.2, 0.25) is 0 Å². The van der Waals surface area contributed by atoms with E-state index in [9.17, 15) is 5.11 Å². The number of rotatable bonds is 0. The molecule has 0 amide bonds. The molecular weight excluding hydrogens is 272 g/mol. The predicted octanol–water partition coefficient (Wildman–Crippen LogP) is 4.89. The van der Waals surface area contributed by atoms with E-state index in [4.69, 9.17) is 16.3 Å². The summed E-state index contributed by atoms with van der Waals surface area (Å²) >= 11 is 6.02. The largest absolute Gasteiger partial charge is 0.487 e. The Bertz CT molecular complexity index is 512. The van der Waals surface area contributed by atoms with Gasteiger partial charge in [0.1, 0.15) is 11.4 Å². The average molecular weight is 295 g/mol. The zero-order chi connectivity index (χ0) is 14.4. The van der Waals surface area contributed by atoms with E-state index in [-0.39, 0.29) is 5.60 Å². The van der Waals surface area contributed by atoms with E-state index in [2.05, 4.69) is 13.8 Å². The predicted molar refractivity (Wildman–Crippen MR) is 81.3 cm³/mol. The molecule has 2 nitrogen and oxygen atoms in total. The smallest absolute Gasteiger partial charge is 0.126 e. The molecule has 1 aromatic rings. The summed E-state index contributed by atoms with van der Waals surface area (Å²) in [7, 11) is 0. The van der Waals surface area contributed by atoms with Gasteiger partial charge in [0.15, 0.2) is 0 Å². The average Bonchev–Trinajstić information content (AvgIpc) is 2.51. The van der Waals surface area contributed by atoms with Crippen molar-refractivity contribution in [2.45, 2.75) is 64.1 Å². The van der Waals surface area contributed by atoms with Gasteiger partial charge in [-0.1, -0.05) is 25.4 Å². The number of fused-ring (bicyclic) bond motifs is 1. The molecule has 3 heteroatoms. The standard InChI is InChI=1S/C17H23ClO2/c1-16(2)6-3-7-17(9-8-16)11-14(19)13-10-12(18)4-5-15(13)20-17/h4-5,10,14,19H,3,6-9,11H2,1-2H3/t14-,17?/m1/s1. The van der Waals surface area contributed by atoms with Crippen LogP contribution in [0, 0.1) is 5.41 Å². The van der Waals surface area contributed by atoms with Crippen LogP contribution in [0.2, 0.25) is 5.02 Å². The van der Waals surface area contributed by atoms with Gasteiger partial charge in [0.05, 0.1) is 6.10 Å². The molecule has 1 spiro atoms. The lowest BCUT2D eigenvalue weighted by atomic mass is 9.81. The lowest BCUT2D eigenvalue weighted by Crippen LogP contribution is -2.40. The number of hydrogen-bond donors (Lipinski definition) is 1. The van der Waals surface area contributed by atoms with E-state index in [1.54, 1.807) is 0 Å². The lowest BCUT2D eigenvalue weighted by molar-refractivity contribution is -0.0259. The fourth-order valence-corrected chi connectivity index (χ4v) is 3.80. The second-order valence-corrected chi connectivity index (χ2v) is 7.64. The van der Waals surface area contributed by atoms with Crippen LogP contribution in [0.4, 0.5) is 0 Å². The fourth-order valence-electron chi connectivity index (χ4n) is 3.62. The van der Waals surface area contributed by atoms with Crippen LogP contribution in [-0.4, -0.2) is 10.7 Å². The molecule has 110 valence electrons. The zero-order valence-electron chi connectivity index (χ0n) is 12.3. The Hall–Kier alpha value is -0.730. The molecule has 1 unspecified atom stereocenters. The first-order valence-corrected chi connectivity index (χ1v) is 7.94. The van der Waals surface area contributed by atoms with Gasteiger partial charge in [0, 0.05) is 17.0 Å². The Labute approximate surface area is 126 Å². The van der Waals surface area contributed by atoms with Crippen LogP contribution in [0.25, 0.3) is 0 Å². The van der Waals surface area contributed by atoms with Gasteiger partial charge >= 0.3 is 0 Å². The third-order valence-corrected chi connectivity index (χ3v) is 5.20. The molecule has 1 saturated carbocycles. The quantitative estimate of drug-likeness (QED) is 0.738. The van der Waals surface area contributed by atoms with Crippen molar-refractivity contribution in [3.05, 3.63) is 28.8 Å². The normalized spacial score (nSPS) is 32.3. The highest BCUT2D eigenvalue weighted by Gasteiger charge is 2.42. The van der Waals surface area contributed by atoms with E-state index in [1.165, 1.54) is 12.8 Å². The SMILES string of the molecule is CC1(C)CCCC2(CC1)C[C@@H](O)c1cc(Cl)ccc1O2. The summed E-state index contributed by atoms with van der Waals surface area (Å²) < 4.78 is 6.34. The molecule has 1 aliphatic carbocycles. The van der Waals surface area contributed by atoms with Crippen LogP contribution in [0.5, 0.6) is 5.75 Å². The van der Waals surface area contributed by atoms with Crippen LogP contribution < -0.4 is 4.74 Å². The molecule has 2 aliphatic rings. The Morgan fingerprint density at radius 1 is 1.20 bits per heavy atom. The first kappa shape index (κ1) is 14.2. The monoisotopic (exact) mass is 294 g/mol. The number of benzene rings is 1. The van der Waals surface area contributed by atoms with Gasteiger partial charge in [-0.05, 0) is 55.7 Å². The summed E-state index contributed by atoms with van der Waals surface area (Å²) in [5, 5.41) is 11.1. The maximum Gasteiger partial charge on any atom is 0.126 e. The summed E-state index contributed by atoms with van der Waals surface area (Å²) in [6.45, 7) is 4.66. The Morgan fingerprint density at radius 2 is 2.00 bits per heavy atom. The molecule has 3 rings (SSSR count). The highest BCUT2D eigenvalue weighted by Crippen LogP contribution is 2.48. The van der Waals surface area contributed by atoms with Gasteiger partial charge in [-0.25, -0.2) is 0 Å². The van der Waals surface area contributed by atoms with Crippen molar-refractivity contribution >= 4 is 11.6 Å². The first-order valence-electron chi connectivity index (χ1n) is 7.56. The molecule has 0 saturated heterocycles. The second kappa shape index (κ2) is 4.92. The van der Waals surface area contributed by atoms with Crippen molar-refractivity contribution in [1.29, 1.82) is 0 Å². The van der Waals surface area contributed by atoms with E-state index in [1.807, 2.05) is 18.2 Å². The highest BCUT2D eigenvalue weighted by molar-refractivity contribution is 6.30. The molecule has 0 bridgehead atoms. The topological polar surface area (TPSA) is 29.5 Å². The summed E-state index contributed by atoms with van der Waals surface area (Å²) in [5.74, 6) is 0.813. The molecule has 1 fully saturated rings. The molecule has 20 heavy (non-hydrogen) atoms. The van der Waals surface area contributed by atoms with E-state index in [0.717, 1.165) is 30.6 Å². The third kappa shape index (κ3) is 2.68. The molecule has 0 aromatic heterocycles. The van der Waals surface area contributed by atoms with E-state index >= 15 is 0 Å². The van der Waals surface area contributed by atoms with Crippen LogP contribution >= 0.6 is 11.6 Å². The Morgan fingerprint density at radius 3 is 2.80 bits per heavy atom. The summed E-state index contributed by atoms with van der Waals surface area (Å²) in [6.07, 6.45) is 5.86. The van der Waals surface area contributed by atoms with Crippen LogP contribution in [0.1, 0.15) is 64.0 Å². The highest BCUT2D eigenvalue weighted by atomic mass is 35.5. The first-order chi connectivity index (χ1) is 9.39. The van der Waals surface area contributed by atoms with Crippen molar-refractivity contribution in [2.24, 2.45) is 5.41 Å². The fraction of sp³-hybridized carbons (Fsp3) is 0.647. The summed E-state index contributed by atoms with van der Waals surface area (Å²) in [5.41, 5.74) is 1.04. The van der Waals surface area contributed by atoms with Crippen molar-refractivity contribution in [3.8, 4) is 5.75 Å². The maximum atomic E-state index is 10.5. The number of halogens is 1. The van der Waals surface area contributed by atoms with Crippen LogP contribution in [-0.2, 0) is 0 Å². The van der Waals surface area contributed by atoms with Gasteiger partial charge in [-0.3, -0.25) is 0 Å². The minimum atomic E-state index is -0.460.